The minimum atomic E-state index is 0.537. The maximum absolute atomic E-state index is 10.9. The second kappa shape index (κ2) is 6.55. The summed E-state index contributed by atoms with van der Waals surface area (Å²) in [6.07, 6.45) is 0.882. The molecule has 0 spiro atoms. The van der Waals surface area contributed by atoms with E-state index in [1.54, 1.807) is 13.2 Å². The fourth-order valence-corrected chi connectivity index (χ4v) is 2.30. The van der Waals surface area contributed by atoms with Crippen LogP contribution in [0.2, 0.25) is 0 Å². The largest absolute Gasteiger partial charge is 0.496 e. The van der Waals surface area contributed by atoms with Gasteiger partial charge in [-0.15, -0.1) is 0 Å². The van der Waals surface area contributed by atoms with Crippen molar-refractivity contribution in [2.45, 2.75) is 46.3 Å². The molecule has 0 saturated heterocycles. The van der Waals surface area contributed by atoms with E-state index in [4.69, 9.17) is 4.74 Å². The average Bonchev–Trinajstić information content (AvgIpc) is 2.34. The van der Waals surface area contributed by atoms with E-state index in [0.717, 1.165) is 24.1 Å². The highest BCUT2D eigenvalue weighted by molar-refractivity contribution is 5.75. The van der Waals surface area contributed by atoms with Crippen molar-refractivity contribution >= 4 is 6.29 Å². The Labute approximate surface area is 110 Å². The predicted molar refractivity (Wildman–Crippen MR) is 73.3 cm³/mol. The van der Waals surface area contributed by atoms with Gasteiger partial charge in [-0.25, -0.2) is 0 Å². The summed E-state index contributed by atoms with van der Waals surface area (Å²) in [6, 6.07) is 6.66. The first-order chi connectivity index (χ1) is 8.49. The first-order valence-corrected chi connectivity index (χ1v) is 6.47. The van der Waals surface area contributed by atoms with Crippen molar-refractivity contribution in [3.63, 3.8) is 0 Å². The molecule has 0 aromatic heterocycles. The van der Waals surface area contributed by atoms with Crippen LogP contribution in [0.3, 0.4) is 0 Å². The summed E-state index contributed by atoms with van der Waals surface area (Å²) in [7, 11) is 1.67. The molecule has 0 heterocycles. The first-order valence-electron chi connectivity index (χ1n) is 6.47. The maximum atomic E-state index is 10.9. The lowest BCUT2D eigenvalue weighted by Gasteiger charge is -2.28. The number of rotatable bonds is 6. The third kappa shape index (κ3) is 3.57. The topological polar surface area (TPSA) is 30.7 Å². The van der Waals surface area contributed by atoms with Gasteiger partial charge in [0.2, 0.25) is 0 Å². The van der Waals surface area contributed by atoms with E-state index in [-0.39, 0.29) is 0 Å². The van der Waals surface area contributed by atoms with Gasteiger partial charge >= 0.3 is 0 Å². The molecule has 0 aliphatic heterocycles. The van der Waals surface area contributed by atoms with E-state index in [9.17, 15) is 4.79 Å². The van der Waals surface area contributed by atoms with Crippen LogP contribution in [0.15, 0.2) is 18.2 Å². The monoisotopic (exact) mass is 250 g/mol. The molecule has 0 bridgehead atoms. The standard InChI is InChI=1S/C15H23NO2/c1-11(2)16(12(3)4)9-14-8-13(10-17)6-7-15(14)18-5/h6-8,10-12H,9H2,1-5H3/p+1. The van der Waals surface area contributed by atoms with Crippen molar-refractivity contribution in [2.75, 3.05) is 7.11 Å². The Hall–Kier alpha value is -1.35. The molecular formula is C15H24NO2+. The summed E-state index contributed by atoms with van der Waals surface area (Å²) in [5.74, 6) is 0.861. The number of hydrogen-bond acceptors (Lipinski definition) is 2. The zero-order valence-corrected chi connectivity index (χ0v) is 12.0. The summed E-state index contributed by atoms with van der Waals surface area (Å²) in [4.78, 5) is 12.3. The number of nitrogens with one attached hydrogen (secondary N) is 1. The molecule has 3 heteroatoms. The van der Waals surface area contributed by atoms with Crippen LogP contribution in [0.1, 0.15) is 43.6 Å². The lowest BCUT2D eigenvalue weighted by molar-refractivity contribution is -0.955. The number of carbonyl (C=O) groups excluding carboxylic acids is 1. The van der Waals surface area contributed by atoms with Crippen molar-refractivity contribution in [1.29, 1.82) is 0 Å². The van der Waals surface area contributed by atoms with Crippen LogP contribution in [-0.2, 0) is 6.54 Å². The fourth-order valence-electron chi connectivity index (χ4n) is 2.30. The maximum Gasteiger partial charge on any atom is 0.150 e. The van der Waals surface area contributed by atoms with Gasteiger partial charge in [0.05, 0.1) is 19.2 Å². The molecule has 0 aliphatic rings. The van der Waals surface area contributed by atoms with Crippen molar-refractivity contribution in [3.8, 4) is 5.75 Å². The highest BCUT2D eigenvalue weighted by Gasteiger charge is 2.19. The van der Waals surface area contributed by atoms with Crippen LogP contribution in [0.5, 0.6) is 5.75 Å². The van der Waals surface area contributed by atoms with Gasteiger partial charge in [-0.1, -0.05) is 0 Å². The lowest BCUT2D eigenvalue weighted by Crippen LogP contribution is -3.16. The highest BCUT2D eigenvalue weighted by atomic mass is 16.5. The van der Waals surface area contributed by atoms with Gasteiger partial charge in [0.1, 0.15) is 18.6 Å². The second-order valence-electron chi connectivity index (χ2n) is 5.25. The van der Waals surface area contributed by atoms with Gasteiger partial charge in [0.15, 0.2) is 0 Å². The zero-order chi connectivity index (χ0) is 13.7. The summed E-state index contributed by atoms with van der Waals surface area (Å²) in [5.41, 5.74) is 1.80. The molecule has 0 aliphatic carbocycles. The van der Waals surface area contributed by atoms with Gasteiger partial charge in [-0.3, -0.25) is 4.79 Å². The Bertz CT molecular complexity index is 391. The molecule has 0 amide bonds. The molecule has 0 atom stereocenters. The molecule has 0 fully saturated rings. The van der Waals surface area contributed by atoms with E-state index in [2.05, 4.69) is 27.7 Å². The minimum absolute atomic E-state index is 0.537. The molecule has 0 radical (unpaired) electrons. The number of methoxy groups -OCH3 is 1. The molecule has 1 aromatic rings. The third-order valence-electron chi connectivity index (χ3n) is 3.32. The fraction of sp³-hybridized carbons (Fsp3) is 0.533. The Morgan fingerprint density at radius 1 is 1.22 bits per heavy atom. The van der Waals surface area contributed by atoms with Crippen molar-refractivity contribution in [1.82, 2.24) is 0 Å². The molecule has 18 heavy (non-hydrogen) atoms. The SMILES string of the molecule is COc1ccc(C=O)cc1C[NH+](C(C)C)C(C)C. The number of aldehydes is 1. The van der Waals surface area contributed by atoms with Crippen LogP contribution in [0.4, 0.5) is 0 Å². The molecule has 0 saturated carbocycles. The number of ether oxygens (including phenoxy) is 1. The minimum Gasteiger partial charge on any atom is -0.496 e. The normalized spacial score (nSPS) is 11.3. The van der Waals surface area contributed by atoms with Crippen molar-refractivity contribution in [3.05, 3.63) is 29.3 Å². The summed E-state index contributed by atoms with van der Waals surface area (Å²) >= 11 is 0. The number of benzene rings is 1. The van der Waals surface area contributed by atoms with Crippen molar-refractivity contribution in [2.24, 2.45) is 0 Å². The quantitative estimate of drug-likeness (QED) is 0.779. The van der Waals surface area contributed by atoms with E-state index < -0.39 is 0 Å². The van der Waals surface area contributed by atoms with Gasteiger partial charge in [-0.05, 0) is 45.9 Å². The van der Waals surface area contributed by atoms with Crippen LogP contribution < -0.4 is 9.64 Å². The Kier molecular flexibility index (Phi) is 5.35. The molecule has 0 unspecified atom stereocenters. The van der Waals surface area contributed by atoms with E-state index in [0.29, 0.717) is 17.6 Å². The number of carbonyl (C=O) groups is 1. The predicted octanol–water partition coefficient (Wildman–Crippen LogP) is 1.71. The zero-order valence-electron chi connectivity index (χ0n) is 12.0. The Morgan fingerprint density at radius 3 is 2.28 bits per heavy atom. The van der Waals surface area contributed by atoms with Gasteiger partial charge in [0.25, 0.3) is 0 Å². The molecule has 1 N–H and O–H groups in total. The van der Waals surface area contributed by atoms with Gasteiger partial charge in [-0.2, -0.15) is 0 Å². The van der Waals surface area contributed by atoms with E-state index >= 15 is 0 Å². The summed E-state index contributed by atoms with van der Waals surface area (Å²) in [6.45, 7) is 9.73. The number of hydrogen-bond donors (Lipinski definition) is 1. The summed E-state index contributed by atoms with van der Waals surface area (Å²) in [5, 5.41) is 0. The average molecular weight is 250 g/mol. The molecular weight excluding hydrogens is 226 g/mol. The van der Waals surface area contributed by atoms with Crippen LogP contribution in [0, 0.1) is 0 Å². The number of quaternary nitrogens is 1. The molecule has 100 valence electrons. The smallest absolute Gasteiger partial charge is 0.150 e. The van der Waals surface area contributed by atoms with E-state index in [1.807, 2.05) is 12.1 Å². The second-order valence-corrected chi connectivity index (χ2v) is 5.25. The van der Waals surface area contributed by atoms with Crippen LogP contribution in [0.25, 0.3) is 0 Å². The van der Waals surface area contributed by atoms with Gasteiger partial charge < -0.3 is 9.64 Å². The van der Waals surface area contributed by atoms with Crippen LogP contribution in [-0.4, -0.2) is 25.5 Å². The van der Waals surface area contributed by atoms with Crippen LogP contribution >= 0.6 is 0 Å². The first kappa shape index (κ1) is 14.7. The van der Waals surface area contributed by atoms with Crippen molar-refractivity contribution < 1.29 is 14.4 Å². The highest BCUT2D eigenvalue weighted by Crippen LogP contribution is 2.18. The molecule has 3 nitrogen and oxygen atoms in total. The molecule has 1 aromatic carbocycles. The Morgan fingerprint density at radius 2 is 1.83 bits per heavy atom. The lowest BCUT2D eigenvalue weighted by atomic mass is 10.1. The summed E-state index contributed by atoms with van der Waals surface area (Å²) < 4.78 is 5.38. The third-order valence-corrected chi connectivity index (χ3v) is 3.32. The van der Waals surface area contributed by atoms with Gasteiger partial charge in [0, 0.05) is 11.1 Å². The molecule has 1 rings (SSSR count). The van der Waals surface area contributed by atoms with E-state index in [1.165, 1.54) is 4.90 Å². The Balaban J connectivity index is 3.03.